The molecule has 134 valence electrons. The van der Waals surface area contributed by atoms with E-state index in [1.807, 2.05) is 18.2 Å². The van der Waals surface area contributed by atoms with Gasteiger partial charge in [0.25, 0.3) is 0 Å². The van der Waals surface area contributed by atoms with Crippen LogP contribution in [-0.4, -0.2) is 42.4 Å². The van der Waals surface area contributed by atoms with Gasteiger partial charge in [0.05, 0.1) is 19.3 Å². The number of thiocarbonyl (C=S) groups is 1. The largest absolute Gasteiger partial charge is 0.379 e. The highest BCUT2D eigenvalue weighted by atomic mass is 32.1. The SMILES string of the molecule is Cc1ccccc1NC(=S)N[C@@H](C)[C@H](c1cccs1)N1CCOCC1. The van der Waals surface area contributed by atoms with Crippen molar-refractivity contribution in [1.29, 1.82) is 0 Å². The number of ether oxygens (including phenoxy) is 1. The second-order valence-electron chi connectivity index (χ2n) is 6.31. The van der Waals surface area contributed by atoms with Crippen LogP contribution in [0, 0.1) is 6.92 Å². The van der Waals surface area contributed by atoms with Crippen molar-refractivity contribution in [2.45, 2.75) is 25.9 Å². The Hall–Kier alpha value is -1.47. The van der Waals surface area contributed by atoms with Crippen molar-refractivity contribution in [3.8, 4) is 0 Å². The second-order valence-corrected chi connectivity index (χ2v) is 7.70. The number of morpholine rings is 1. The molecule has 2 heterocycles. The summed E-state index contributed by atoms with van der Waals surface area (Å²) in [7, 11) is 0. The van der Waals surface area contributed by atoms with Crippen molar-refractivity contribution in [1.82, 2.24) is 10.2 Å². The molecule has 1 aromatic heterocycles. The number of benzene rings is 1. The smallest absolute Gasteiger partial charge is 0.171 e. The van der Waals surface area contributed by atoms with E-state index in [1.165, 1.54) is 10.4 Å². The third kappa shape index (κ3) is 4.79. The minimum atomic E-state index is 0.195. The molecule has 1 aliphatic rings. The van der Waals surface area contributed by atoms with Crippen LogP contribution < -0.4 is 10.6 Å². The normalized spacial score (nSPS) is 17.7. The molecule has 3 rings (SSSR count). The molecule has 2 atom stereocenters. The van der Waals surface area contributed by atoms with Gasteiger partial charge in [-0.15, -0.1) is 11.3 Å². The fraction of sp³-hybridized carbons (Fsp3) is 0.421. The molecule has 0 bridgehead atoms. The van der Waals surface area contributed by atoms with E-state index in [9.17, 15) is 0 Å². The van der Waals surface area contributed by atoms with Crippen LogP contribution in [-0.2, 0) is 4.74 Å². The Labute approximate surface area is 159 Å². The maximum absolute atomic E-state index is 5.56. The van der Waals surface area contributed by atoms with Gasteiger partial charge in [0.2, 0.25) is 0 Å². The number of para-hydroxylation sites is 1. The van der Waals surface area contributed by atoms with E-state index in [4.69, 9.17) is 17.0 Å². The Morgan fingerprint density at radius 2 is 1.96 bits per heavy atom. The Balaban J connectivity index is 1.68. The third-order valence-electron chi connectivity index (χ3n) is 4.50. The maximum atomic E-state index is 5.56. The number of rotatable bonds is 5. The quantitative estimate of drug-likeness (QED) is 0.778. The third-order valence-corrected chi connectivity index (χ3v) is 5.66. The lowest BCUT2D eigenvalue weighted by molar-refractivity contribution is 0.0110. The van der Waals surface area contributed by atoms with Crippen LogP contribution in [0.4, 0.5) is 5.69 Å². The fourth-order valence-corrected chi connectivity index (χ4v) is 4.47. The monoisotopic (exact) mass is 375 g/mol. The van der Waals surface area contributed by atoms with Gasteiger partial charge in [-0.2, -0.15) is 0 Å². The summed E-state index contributed by atoms with van der Waals surface area (Å²) in [5.41, 5.74) is 2.23. The van der Waals surface area contributed by atoms with Gasteiger partial charge in [-0.1, -0.05) is 24.3 Å². The lowest BCUT2D eigenvalue weighted by atomic mass is 10.1. The molecule has 1 aliphatic heterocycles. The van der Waals surface area contributed by atoms with E-state index in [0.29, 0.717) is 11.2 Å². The highest BCUT2D eigenvalue weighted by Crippen LogP contribution is 2.29. The number of hydrogen-bond acceptors (Lipinski definition) is 4. The molecule has 2 aromatic rings. The summed E-state index contributed by atoms with van der Waals surface area (Å²) in [5, 5.41) is 9.61. The van der Waals surface area contributed by atoms with Gasteiger partial charge in [0.15, 0.2) is 5.11 Å². The van der Waals surface area contributed by atoms with E-state index in [1.54, 1.807) is 11.3 Å². The topological polar surface area (TPSA) is 36.5 Å². The zero-order chi connectivity index (χ0) is 17.6. The van der Waals surface area contributed by atoms with Gasteiger partial charge in [-0.25, -0.2) is 0 Å². The van der Waals surface area contributed by atoms with E-state index in [0.717, 1.165) is 32.0 Å². The van der Waals surface area contributed by atoms with Gasteiger partial charge in [-0.3, -0.25) is 4.90 Å². The highest BCUT2D eigenvalue weighted by Gasteiger charge is 2.28. The van der Waals surface area contributed by atoms with Crippen molar-refractivity contribution < 1.29 is 4.74 Å². The average molecular weight is 376 g/mol. The number of thiophene rings is 1. The second kappa shape index (κ2) is 8.76. The van der Waals surface area contributed by atoms with Crippen molar-refractivity contribution in [2.24, 2.45) is 0 Å². The van der Waals surface area contributed by atoms with Crippen molar-refractivity contribution in [3.63, 3.8) is 0 Å². The molecule has 0 spiro atoms. The van der Waals surface area contributed by atoms with Crippen LogP contribution in [0.5, 0.6) is 0 Å². The summed E-state index contributed by atoms with van der Waals surface area (Å²) in [6.07, 6.45) is 0. The molecule has 2 N–H and O–H groups in total. The molecule has 1 fully saturated rings. The standard InChI is InChI=1S/C19H25N3OS2/c1-14-6-3-4-7-16(14)21-19(24)20-15(2)18(17-8-5-13-25-17)22-9-11-23-12-10-22/h3-8,13,15,18H,9-12H2,1-2H3,(H2,20,21,24)/t15-,18+/m0/s1. The summed E-state index contributed by atoms with van der Waals surface area (Å²) >= 11 is 7.36. The lowest BCUT2D eigenvalue weighted by Gasteiger charge is -2.38. The van der Waals surface area contributed by atoms with E-state index < -0.39 is 0 Å². The predicted octanol–water partition coefficient (Wildman–Crippen LogP) is 3.80. The first kappa shape index (κ1) is 18.3. The van der Waals surface area contributed by atoms with Crippen LogP contribution in [0.25, 0.3) is 0 Å². The molecule has 4 nitrogen and oxygen atoms in total. The van der Waals surface area contributed by atoms with Gasteiger partial charge in [0, 0.05) is 29.7 Å². The van der Waals surface area contributed by atoms with E-state index in [2.05, 4.69) is 53.0 Å². The Kier molecular flexibility index (Phi) is 6.42. The minimum Gasteiger partial charge on any atom is -0.379 e. The molecule has 1 aromatic carbocycles. The average Bonchev–Trinajstić information content (AvgIpc) is 3.12. The van der Waals surface area contributed by atoms with Gasteiger partial charge in [0.1, 0.15) is 0 Å². The summed E-state index contributed by atoms with van der Waals surface area (Å²) in [5.74, 6) is 0. The van der Waals surface area contributed by atoms with Gasteiger partial charge in [-0.05, 0) is 49.1 Å². The first-order chi connectivity index (χ1) is 12.1. The molecular weight excluding hydrogens is 350 g/mol. The highest BCUT2D eigenvalue weighted by molar-refractivity contribution is 7.80. The van der Waals surface area contributed by atoms with E-state index >= 15 is 0 Å². The zero-order valence-corrected chi connectivity index (χ0v) is 16.3. The first-order valence-corrected chi connectivity index (χ1v) is 9.92. The molecule has 25 heavy (non-hydrogen) atoms. The van der Waals surface area contributed by atoms with E-state index in [-0.39, 0.29) is 6.04 Å². The number of anilines is 1. The number of aryl methyl sites for hydroxylation is 1. The molecule has 1 saturated heterocycles. The van der Waals surface area contributed by atoms with Crippen LogP contribution in [0.3, 0.4) is 0 Å². The van der Waals surface area contributed by atoms with Crippen molar-refractivity contribution in [2.75, 3.05) is 31.6 Å². The predicted molar refractivity (Wildman–Crippen MR) is 109 cm³/mol. The van der Waals surface area contributed by atoms with Crippen molar-refractivity contribution in [3.05, 3.63) is 52.2 Å². The summed E-state index contributed by atoms with van der Waals surface area (Å²) < 4.78 is 5.52. The Morgan fingerprint density at radius 1 is 1.20 bits per heavy atom. The summed E-state index contributed by atoms with van der Waals surface area (Å²) in [4.78, 5) is 3.85. The number of hydrogen-bond donors (Lipinski definition) is 2. The van der Waals surface area contributed by atoms with Crippen LogP contribution in [0.15, 0.2) is 41.8 Å². The van der Waals surface area contributed by atoms with Crippen LogP contribution in [0.1, 0.15) is 23.4 Å². The van der Waals surface area contributed by atoms with Gasteiger partial charge >= 0.3 is 0 Å². The lowest BCUT2D eigenvalue weighted by Crippen LogP contribution is -2.49. The number of nitrogens with one attached hydrogen (secondary N) is 2. The maximum Gasteiger partial charge on any atom is 0.171 e. The van der Waals surface area contributed by atoms with Crippen molar-refractivity contribution >= 4 is 34.4 Å². The number of nitrogens with zero attached hydrogens (tertiary/aromatic N) is 1. The molecular formula is C19H25N3OS2. The molecule has 0 unspecified atom stereocenters. The molecule has 0 aliphatic carbocycles. The minimum absolute atomic E-state index is 0.195. The molecule has 0 saturated carbocycles. The summed E-state index contributed by atoms with van der Waals surface area (Å²) in [6, 6.07) is 13.0. The molecule has 0 radical (unpaired) electrons. The van der Waals surface area contributed by atoms with Crippen LogP contribution >= 0.6 is 23.6 Å². The Morgan fingerprint density at radius 3 is 2.64 bits per heavy atom. The summed E-state index contributed by atoms with van der Waals surface area (Å²) in [6.45, 7) is 7.77. The fourth-order valence-electron chi connectivity index (χ4n) is 3.22. The van der Waals surface area contributed by atoms with Crippen LogP contribution in [0.2, 0.25) is 0 Å². The van der Waals surface area contributed by atoms with Gasteiger partial charge < -0.3 is 15.4 Å². The first-order valence-electron chi connectivity index (χ1n) is 8.63. The molecule has 0 amide bonds. The Bertz CT molecular complexity index is 684. The molecule has 6 heteroatoms. The zero-order valence-electron chi connectivity index (χ0n) is 14.7.